The Morgan fingerprint density at radius 2 is 2.22 bits per heavy atom. The zero-order chi connectivity index (χ0) is 16.6. The fraction of sp³-hybridized carbons (Fsp3) is 0.467. The Morgan fingerprint density at radius 1 is 1.43 bits per heavy atom. The lowest BCUT2D eigenvalue weighted by molar-refractivity contribution is 0.0874. The molecule has 0 bridgehead atoms. The molecule has 3 rings (SSSR count). The van der Waals surface area contributed by atoms with Gasteiger partial charge in [0, 0.05) is 24.7 Å². The minimum Gasteiger partial charge on any atom is -0.350 e. The smallest absolute Gasteiger partial charge is 0.268 e. The zero-order valence-corrected chi connectivity index (χ0v) is 13.6. The average Bonchev–Trinajstić information content (AvgIpc) is 3.11. The van der Waals surface area contributed by atoms with Crippen LogP contribution in [0.3, 0.4) is 0 Å². The Kier molecular flexibility index (Phi) is 4.11. The molecule has 2 heterocycles. The van der Waals surface area contributed by atoms with E-state index < -0.39 is 15.9 Å². The predicted octanol–water partition coefficient (Wildman–Crippen LogP) is 0.333. The van der Waals surface area contributed by atoms with Crippen LogP contribution in [0.4, 0.5) is 0 Å². The number of benzene rings is 1. The van der Waals surface area contributed by atoms with Crippen LogP contribution in [0.1, 0.15) is 40.5 Å². The van der Waals surface area contributed by atoms with E-state index in [2.05, 4.69) is 10.6 Å². The molecule has 1 unspecified atom stereocenters. The average molecular weight is 337 g/mol. The fourth-order valence-electron chi connectivity index (χ4n) is 2.98. The monoisotopic (exact) mass is 337 g/mol. The van der Waals surface area contributed by atoms with Gasteiger partial charge < -0.3 is 10.6 Å². The van der Waals surface area contributed by atoms with E-state index in [0.717, 1.165) is 23.7 Å². The highest BCUT2D eigenvalue weighted by atomic mass is 32.2. The highest BCUT2D eigenvalue weighted by molar-refractivity contribution is 7.90. The largest absolute Gasteiger partial charge is 0.350 e. The summed E-state index contributed by atoms with van der Waals surface area (Å²) in [6.07, 6.45) is 2.10. The van der Waals surface area contributed by atoms with Crippen LogP contribution in [0.2, 0.25) is 0 Å². The Bertz CT molecular complexity index is 754. The number of fused-ring (bicyclic) bond motifs is 1. The molecule has 2 aliphatic rings. The van der Waals surface area contributed by atoms with E-state index in [1.165, 1.54) is 18.2 Å². The molecule has 0 aliphatic carbocycles. The molecule has 1 fully saturated rings. The molecular formula is C15H19N3O4S. The van der Waals surface area contributed by atoms with Crippen molar-refractivity contribution in [1.29, 1.82) is 0 Å². The van der Waals surface area contributed by atoms with Gasteiger partial charge in [0.05, 0.1) is 5.56 Å². The first kappa shape index (κ1) is 15.9. The number of hydrogen-bond donors (Lipinski definition) is 2. The molecule has 0 spiro atoms. The highest BCUT2D eigenvalue weighted by Crippen LogP contribution is 2.30. The molecule has 124 valence electrons. The van der Waals surface area contributed by atoms with Crippen LogP contribution in [-0.4, -0.2) is 50.2 Å². The van der Waals surface area contributed by atoms with Gasteiger partial charge in [-0.25, -0.2) is 12.7 Å². The molecule has 0 aromatic heterocycles. The summed E-state index contributed by atoms with van der Waals surface area (Å²) in [7, 11) is -3.84. The lowest BCUT2D eigenvalue weighted by Crippen LogP contribution is -2.37. The second kappa shape index (κ2) is 5.93. The van der Waals surface area contributed by atoms with E-state index in [-0.39, 0.29) is 34.5 Å². The Morgan fingerprint density at radius 3 is 2.87 bits per heavy atom. The van der Waals surface area contributed by atoms with E-state index >= 15 is 0 Å². The molecule has 0 saturated carbocycles. The minimum atomic E-state index is -3.84. The van der Waals surface area contributed by atoms with Gasteiger partial charge in [0.15, 0.2) is 0 Å². The summed E-state index contributed by atoms with van der Waals surface area (Å²) < 4.78 is 25.5. The van der Waals surface area contributed by atoms with Crippen LogP contribution in [0.15, 0.2) is 23.1 Å². The van der Waals surface area contributed by atoms with Crippen molar-refractivity contribution in [2.45, 2.75) is 30.7 Å². The van der Waals surface area contributed by atoms with Crippen molar-refractivity contribution in [3.8, 4) is 0 Å². The van der Waals surface area contributed by atoms with E-state index in [1.54, 1.807) is 6.92 Å². The van der Waals surface area contributed by atoms with Crippen LogP contribution in [0.25, 0.3) is 0 Å². The number of sulfonamides is 1. The summed E-state index contributed by atoms with van der Waals surface area (Å²) in [5, 5.41) is 6.08. The number of nitrogens with one attached hydrogen (secondary N) is 2. The third kappa shape index (κ3) is 2.72. The first-order valence-electron chi connectivity index (χ1n) is 7.68. The highest BCUT2D eigenvalue weighted by Gasteiger charge is 2.40. The number of rotatable bonds is 4. The van der Waals surface area contributed by atoms with Gasteiger partial charge in [0.2, 0.25) is 0 Å². The van der Waals surface area contributed by atoms with Crippen LogP contribution >= 0.6 is 0 Å². The Labute approximate surface area is 135 Å². The molecule has 1 aromatic carbocycles. The van der Waals surface area contributed by atoms with E-state index in [1.807, 2.05) is 0 Å². The molecule has 23 heavy (non-hydrogen) atoms. The Hall–Kier alpha value is -1.93. The van der Waals surface area contributed by atoms with Gasteiger partial charge in [-0.1, -0.05) is 0 Å². The second-order valence-corrected chi connectivity index (χ2v) is 7.52. The number of nitrogens with zero attached hydrogens (tertiary/aromatic N) is 1. The van der Waals surface area contributed by atoms with Gasteiger partial charge in [-0.05, 0) is 44.5 Å². The normalized spacial score (nSPS) is 22.2. The van der Waals surface area contributed by atoms with Crippen molar-refractivity contribution in [2.24, 2.45) is 0 Å². The van der Waals surface area contributed by atoms with Gasteiger partial charge >= 0.3 is 0 Å². The zero-order valence-electron chi connectivity index (χ0n) is 12.8. The molecule has 2 aliphatic heterocycles. The molecule has 2 amide bonds. The van der Waals surface area contributed by atoms with Gasteiger partial charge in [0.25, 0.3) is 21.8 Å². The quantitative estimate of drug-likeness (QED) is 0.826. The number of carbonyl (C=O) groups is 2. The van der Waals surface area contributed by atoms with Crippen molar-refractivity contribution in [3.63, 3.8) is 0 Å². The van der Waals surface area contributed by atoms with Crippen molar-refractivity contribution in [1.82, 2.24) is 14.9 Å². The SMILES string of the molecule is CCN1C(=O)c2ccc(C(=O)NCC3CCCN3)cc2S1(=O)=O. The minimum absolute atomic E-state index is 0.0741. The van der Waals surface area contributed by atoms with Crippen molar-refractivity contribution in [3.05, 3.63) is 29.3 Å². The fourth-order valence-corrected chi connectivity index (χ4v) is 4.58. The summed E-state index contributed by atoms with van der Waals surface area (Å²) in [4.78, 5) is 24.2. The lowest BCUT2D eigenvalue weighted by Gasteiger charge is -2.12. The summed E-state index contributed by atoms with van der Waals surface area (Å²) in [6, 6.07) is 4.45. The van der Waals surface area contributed by atoms with E-state index in [0.29, 0.717) is 6.54 Å². The first-order valence-corrected chi connectivity index (χ1v) is 9.12. The lowest BCUT2D eigenvalue weighted by atomic mass is 10.1. The van der Waals surface area contributed by atoms with Crippen LogP contribution in [0, 0.1) is 0 Å². The third-order valence-corrected chi connectivity index (χ3v) is 6.13. The summed E-state index contributed by atoms with van der Waals surface area (Å²) in [6.45, 7) is 3.13. The van der Waals surface area contributed by atoms with Crippen molar-refractivity contribution in [2.75, 3.05) is 19.6 Å². The summed E-state index contributed by atoms with van der Waals surface area (Å²) >= 11 is 0. The van der Waals surface area contributed by atoms with Gasteiger partial charge in [-0.2, -0.15) is 0 Å². The molecular weight excluding hydrogens is 318 g/mol. The van der Waals surface area contributed by atoms with Gasteiger partial charge in [-0.15, -0.1) is 0 Å². The summed E-state index contributed by atoms with van der Waals surface area (Å²) in [5.41, 5.74) is 0.372. The number of amides is 2. The summed E-state index contributed by atoms with van der Waals surface area (Å²) in [5.74, 6) is -0.872. The molecule has 1 atom stereocenters. The number of carbonyl (C=O) groups excluding carboxylic acids is 2. The predicted molar refractivity (Wildman–Crippen MR) is 83.7 cm³/mol. The Balaban J connectivity index is 1.81. The second-order valence-electron chi connectivity index (χ2n) is 5.69. The maximum Gasteiger partial charge on any atom is 0.268 e. The standard InChI is InChI=1S/C15H19N3O4S/c1-2-18-15(20)12-6-5-10(8-13(12)23(18,21)22)14(19)17-9-11-4-3-7-16-11/h5-6,8,11,16H,2-4,7,9H2,1H3,(H,17,19). The van der Waals surface area contributed by atoms with Gasteiger partial charge in [-0.3, -0.25) is 9.59 Å². The van der Waals surface area contributed by atoms with E-state index in [9.17, 15) is 18.0 Å². The van der Waals surface area contributed by atoms with E-state index in [4.69, 9.17) is 0 Å². The molecule has 1 saturated heterocycles. The maximum atomic E-state index is 12.3. The number of hydrogen-bond acceptors (Lipinski definition) is 5. The van der Waals surface area contributed by atoms with Crippen molar-refractivity contribution >= 4 is 21.8 Å². The van der Waals surface area contributed by atoms with Crippen molar-refractivity contribution < 1.29 is 18.0 Å². The molecule has 0 radical (unpaired) electrons. The third-order valence-electron chi connectivity index (χ3n) is 4.23. The topological polar surface area (TPSA) is 95.6 Å². The van der Waals surface area contributed by atoms with Crippen LogP contribution in [-0.2, 0) is 10.0 Å². The first-order chi connectivity index (χ1) is 10.9. The maximum absolute atomic E-state index is 12.3. The van der Waals surface area contributed by atoms with Crippen LogP contribution < -0.4 is 10.6 Å². The molecule has 8 heteroatoms. The van der Waals surface area contributed by atoms with Gasteiger partial charge in [0.1, 0.15) is 4.90 Å². The molecule has 1 aromatic rings. The van der Waals surface area contributed by atoms with Crippen LogP contribution in [0.5, 0.6) is 0 Å². The molecule has 7 nitrogen and oxygen atoms in total. The molecule has 2 N–H and O–H groups in total.